The van der Waals surface area contributed by atoms with Gasteiger partial charge in [0.25, 0.3) is 0 Å². The Labute approximate surface area is 205 Å². The molecule has 0 saturated carbocycles. The second-order valence-electron chi connectivity index (χ2n) is 8.02. The van der Waals surface area contributed by atoms with E-state index in [0.29, 0.717) is 43.6 Å². The Morgan fingerprint density at radius 3 is 2.29 bits per heavy atom. The lowest BCUT2D eigenvalue weighted by atomic mass is 9.99. The Bertz CT molecular complexity index is 1300. The largest absolute Gasteiger partial charge is 0.330 e. The first-order chi connectivity index (χ1) is 16.6. The first-order valence-corrected chi connectivity index (χ1v) is 14.6. The molecule has 2 N–H and O–H groups in total. The van der Waals surface area contributed by atoms with E-state index in [1.54, 1.807) is 36.7 Å². The van der Waals surface area contributed by atoms with Crippen molar-refractivity contribution in [1.82, 2.24) is 9.78 Å². The first kappa shape index (κ1) is 27.2. The Hall–Kier alpha value is -2.36. The Kier molecular flexibility index (Phi) is 9.01. The van der Waals surface area contributed by atoms with E-state index in [0.717, 1.165) is 16.7 Å². The van der Waals surface area contributed by atoms with E-state index in [4.69, 9.17) is 14.2 Å². The highest BCUT2D eigenvalue weighted by atomic mass is 32.2. The van der Waals surface area contributed by atoms with Gasteiger partial charge in [-0.15, -0.1) is 0 Å². The molecule has 0 amide bonds. The number of rotatable bonds is 12. The number of aromatic nitrogens is 2. The van der Waals surface area contributed by atoms with Crippen molar-refractivity contribution in [2.24, 2.45) is 5.14 Å². The average molecular weight is 524 g/mol. The minimum atomic E-state index is -3.83. The van der Waals surface area contributed by atoms with Crippen LogP contribution in [0, 0.1) is 6.92 Å². The predicted octanol–water partition coefficient (Wildman–Crippen LogP) is 5.16. The zero-order chi connectivity index (χ0) is 25.6. The van der Waals surface area contributed by atoms with E-state index in [1.165, 1.54) is 12.1 Å². The van der Waals surface area contributed by atoms with Gasteiger partial charge in [-0.3, -0.25) is 4.57 Å². The molecule has 0 unspecified atom stereocenters. The number of hydrogen-bond donors (Lipinski definition) is 1. The summed E-state index contributed by atoms with van der Waals surface area (Å²) >= 11 is 0. The van der Waals surface area contributed by atoms with E-state index in [-0.39, 0.29) is 10.6 Å². The highest BCUT2D eigenvalue weighted by Crippen LogP contribution is 2.48. The lowest BCUT2D eigenvalue weighted by Crippen LogP contribution is -2.12. The number of nitrogens with zero attached hydrogens (tertiary/aromatic N) is 2. The van der Waals surface area contributed by atoms with Crippen LogP contribution in [0.4, 0.5) is 4.39 Å². The van der Waals surface area contributed by atoms with Gasteiger partial charge in [0.1, 0.15) is 6.67 Å². The van der Waals surface area contributed by atoms with Crippen LogP contribution in [0.25, 0.3) is 16.9 Å². The van der Waals surface area contributed by atoms with E-state index in [9.17, 15) is 17.4 Å². The molecule has 8 nitrogen and oxygen atoms in total. The number of halogens is 1. The van der Waals surface area contributed by atoms with Crippen molar-refractivity contribution in [3.63, 3.8) is 0 Å². The second-order valence-corrected chi connectivity index (χ2v) is 11.8. The Balaban J connectivity index is 1.90. The van der Waals surface area contributed by atoms with Crippen molar-refractivity contribution in [2.75, 3.05) is 19.4 Å². The molecule has 190 valence electrons. The average Bonchev–Trinajstić information content (AvgIpc) is 3.25. The molecular formula is C24H31FN3O5PS. The van der Waals surface area contributed by atoms with Crippen molar-refractivity contribution in [3.05, 3.63) is 65.4 Å². The summed E-state index contributed by atoms with van der Waals surface area (Å²) < 4.78 is 61.8. The van der Waals surface area contributed by atoms with Gasteiger partial charge in [-0.25, -0.2) is 22.6 Å². The summed E-state index contributed by atoms with van der Waals surface area (Å²) in [6.07, 6.45) is 1.60. The standard InChI is InChI=1S/C24H31FN3O5PS/c1-4-32-34(29,33-5-2)14-6-7-19-15-20(9-8-18(19)3)24-16-21(17-25)27-28(24)22-10-12-23(13-11-22)35(26,30)31/h8-13,15-16H,4-7,14,17H2,1-3H3,(H2,26,30,31). The molecule has 0 fully saturated rings. The lowest BCUT2D eigenvalue weighted by molar-refractivity contribution is 0.220. The van der Waals surface area contributed by atoms with Gasteiger partial charge in [-0.2, -0.15) is 5.10 Å². The second kappa shape index (κ2) is 11.6. The summed E-state index contributed by atoms with van der Waals surface area (Å²) in [4.78, 5) is -0.0188. The third-order valence-corrected chi connectivity index (χ3v) is 8.58. The number of primary sulfonamides is 1. The molecule has 3 rings (SSSR count). The highest BCUT2D eigenvalue weighted by Gasteiger charge is 2.23. The fraction of sp³-hybridized carbons (Fsp3) is 0.375. The lowest BCUT2D eigenvalue weighted by Gasteiger charge is -2.17. The number of sulfonamides is 1. The molecule has 0 atom stereocenters. The molecule has 0 aliphatic rings. The molecule has 11 heteroatoms. The number of alkyl halides is 1. The van der Waals surface area contributed by atoms with Gasteiger partial charge in [0.2, 0.25) is 10.0 Å². The quantitative estimate of drug-likeness (QED) is 0.328. The fourth-order valence-electron chi connectivity index (χ4n) is 3.80. The SMILES string of the molecule is CCOP(=O)(CCCc1cc(-c2cc(CF)nn2-c2ccc(S(N)(=O)=O)cc2)ccc1C)OCC. The van der Waals surface area contributed by atoms with Gasteiger partial charge in [0.05, 0.1) is 41.3 Å². The Morgan fingerprint density at radius 2 is 1.71 bits per heavy atom. The molecule has 0 bridgehead atoms. The molecule has 3 aromatic rings. The van der Waals surface area contributed by atoms with Crippen LogP contribution in [0.1, 0.15) is 37.1 Å². The molecule has 0 spiro atoms. The molecule has 1 heterocycles. The van der Waals surface area contributed by atoms with Crippen LogP contribution in [0.15, 0.2) is 53.4 Å². The summed E-state index contributed by atoms with van der Waals surface area (Å²) in [5.41, 5.74) is 4.45. The highest BCUT2D eigenvalue weighted by molar-refractivity contribution is 7.89. The van der Waals surface area contributed by atoms with E-state index < -0.39 is 24.3 Å². The normalized spacial score (nSPS) is 12.3. The molecular weight excluding hydrogens is 492 g/mol. The maximum atomic E-state index is 13.5. The van der Waals surface area contributed by atoms with Crippen LogP contribution in [-0.2, 0) is 36.7 Å². The van der Waals surface area contributed by atoms with E-state index >= 15 is 0 Å². The Morgan fingerprint density at radius 1 is 1.06 bits per heavy atom. The minimum absolute atomic E-state index is 0.0188. The van der Waals surface area contributed by atoms with Crippen LogP contribution >= 0.6 is 7.60 Å². The summed E-state index contributed by atoms with van der Waals surface area (Å²) in [5, 5.41) is 9.54. The molecule has 35 heavy (non-hydrogen) atoms. The predicted molar refractivity (Wildman–Crippen MR) is 134 cm³/mol. The third kappa shape index (κ3) is 6.86. The van der Waals surface area contributed by atoms with Gasteiger partial charge in [-0.1, -0.05) is 12.1 Å². The molecule has 0 radical (unpaired) electrons. The molecule has 0 saturated heterocycles. The van der Waals surface area contributed by atoms with Crippen molar-refractivity contribution < 1.29 is 26.4 Å². The molecule has 0 aliphatic heterocycles. The monoisotopic (exact) mass is 523 g/mol. The molecule has 1 aromatic heterocycles. The maximum Gasteiger partial charge on any atom is 0.330 e. The van der Waals surface area contributed by atoms with E-state index in [2.05, 4.69) is 5.10 Å². The van der Waals surface area contributed by atoms with Gasteiger partial charge in [-0.05, 0) is 81.1 Å². The van der Waals surface area contributed by atoms with Crippen LogP contribution in [0.3, 0.4) is 0 Å². The van der Waals surface area contributed by atoms with Crippen molar-refractivity contribution in [3.8, 4) is 16.9 Å². The molecule has 2 aromatic carbocycles. The van der Waals surface area contributed by atoms with Crippen molar-refractivity contribution in [2.45, 2.75) is 45.2 Å². The number of benzene rings is 2. The minimum Gasteiger partial charge on any atom is -0.309 e. The number of hydrogen-bond acceptors (Lipinski definition) is 6. The van der Waals surface area contributed by atoms with Crippen LogP contribution < -0.4 is 5.14 Å². The van der Waals surface area contributed by atoms with Crippen LogP contribution in [0.2, 0.25) is 0 Å². The molecule has 0 aliphatic carbocycles. The zero-order valence-corrected chi connectivity index (χ0v) is 21.8. The maximum absolute atomic E-state index is 13.5. The van der Waals surface area contributed by atoms with Gasteiger partial charge < -0.3 is 9.05 Å². The van der Waals surface area contributed by atoms with Crippen LogP contribution in [0.5, 0.6) is 0 Å². The first-order valence-electron chi connectivity index (χ1n) is 11.4. The summed E-state index contributed by atoms with van der Waals surface area (Å²) in [7, 11) is -6.94. The smallest absolute Gasteiger partial charge is 0.309 e. The van der Waals surface area contributed by atoms with Gasteiger partial charge in [0, 0.05) is 5.56 Å². The van der Waals surface area contributed by atoms with Gasteiger partial charge in [0.15, 0.2) is 0 Å². The summed E-state index contributed by atoms with van der Waals surface area (Å²) in [6.45, 7) is 5.49. The van der Waals surface area contributed by atoms with Gasteiger partial charge >= 0.3 is 7.60 Å². The fourth-order valence-corrected chi connectivity index (χ4v) is 5.98. The van der Waals surface area contributed by atoms with Crippen LogP contribution in [-0.4, -0.2) is 37.6 Å². The topological polar surface area (TPSA) is 114 Å². The number of aryl methyl sites for hydroxylation is 2. The van der Waals surface area contributed by atoms with Crippen molar-refractivity contribution in [1.29, 1.82) is 0 Å². The third-order valence-electron chi connectivity index (χ3n) is 5.48. The van der Waals surface area contributed by atoms with E-state index in [1.807, 2.05) is 25.1 Å². The van der Waals surface area contributed by atoms with Crippen molar-refractivity contribution >= 4 is 17.6 Å². The zero-order valence-electron chi connectivity index (χ0n) is 20.1. The summed E-state index contributed by atoms with van der Waals surface area (Å²) in [6, 6.07) is 13.5. The number of nitrogens with two attached hydrogens (primary N) is 1. The summed E-state index contributed by atoms with van der Waals surface area (Å²) in [5.74, 6) is 0.